The molecule has 0 aliphatic heterocycles. The third-order valence-corrected chi connectivity index (χ3v) is 5.32. The molecule has 1 heteroatoms. The maximum absolute atomic E-state index is 6.77. The van der Waals surface area contributed by atoms with Crippen molar-refractivity contribution in [2.24, 2.45) is 11.7 Å². The van der Waals surface area contributed by atoms with Crippen LogP contribution in [0.25, 0.3) is 0 Å². The fourth-order valence-electron chi connectivity index (χ4n) is 4.20. The second-order valence-electron chi connectivity index (χ2n) is 6.00. The van der Waals surface area contributed by atoms with Gasteiger partial charge in [-0.2, -0.15) is 0 Å². The van der Waals surface area contributed by atoms with Crippen molar-refractivity contribution < 1.29 is 0 Å². The Morgan fingerprint density at radius 2 is 1.82 bits per heavy atom. The van der Waals surface area contributed by atoms with Gasteiger partial charge in [0.1, 0.15) is 0 Å². The van der Waals surface area contributed by atoms with Gasteiger partial charge in [-0.25, -0.2) is 0 Å². The van der Waals surface area contributed by atoms with Crippen LogP contribution < -0.4 is 5.73 Å². The van der Waals surface area contributed by atoms with Crippen LogP contribution in [0.1, 0.15) is 51.0 Å². The predicted octanol–water partition coefficient (Wildman–Crippen LogP) is 3.63. The van der Waals surface area contributed by atoms with Crippen LogP contribution in [0.4, 0.5) is 0 Å². The van der Waals surface area contributed by atoms with Crippen LogP contribution in [0.2, 0.25) is 0 Å². The number of hydrogen-bond acceptors (Lipinski definition) is 1. The molecule has 2 aliphatic carbocycles. The second-order valence-corrected chi connectivity index (χ2v) is 6.00. The Morgan fingerprint density at radius 3 is 2.35 bits per heavy atom. The maximum Gasteiger partial charge on any atom is 0.0284 e. The van der Waals surface area contributed by atoms with E-state index in [1.165, 1.54) is 44.1 Å². The monoisotopic (exact) mass is 229 g/mol. The minimum absolute atomic E-state index is 0.0968. The summed E-state index contributed by atoms with van der Waals surface area (Å²) >= 11 is 0. The Bertz CT molecular complexity index is 391. The topological polar surface area (TPSA) is 26.0 Å². The highest BCUT2D eigenvalue weighted by Crippen LogP contribution is 2.61. The van der Waals surface area contributed by atoms with Gasteiger partial charge in [-0.15, -0.1) is 0 Å². The smallest absolute Gasteiger partial charge is 0.0284 e. The molecule has 3 rings (SSSR count). The summed E-state index contributed by atoms with van der Waals surface area (Å²) in [6.45, 7) is 2.28. The Balaban J connectivity index is 2.00. The Morgan fingerprint density at radius 1 is 1.18 bits per heavy atom. The standard InChI is InChI=1S/C16H23N/c1-2-13-12-16(13,17)15(10-6-7-11-15)14-8-4-3-5-9-14/h3-5,8-9,13H,2,6-7,10-12,17H2,1H3. The fourth-order valence-corrected chi connectivity index (χ4v) is 4.20. The molecule has 0 aromatic heterocycles. The van der Waals surface area contributed by atoms with E-state index in [-0.39, 0.29) is 11.0 Å². The van der Waals surface area contributed by atoms with E-state index in [2.05, 4.69) is 37.3 Å². The third-order valence-electron chi connectivity index (χ3n) is 5.32. The predicted molar refractivity (Wildman–Crippen MR) is 71.9 cm³/mol. The molecule has 92 valence electrons. The molecule has 0 spiro atoms. The zero-order chi connectivity index (χ0) is 11.9. The van der Waals surface area contributed by atoms with Crippen molar-refractivity contribution in [1.29, 1.82) is 0 Å². The highest BCUT2D eigenvalue weighted by Gasteiger charge is 2.63. The Labute approximate surface area is 104 Å². The lowest BCUT2D eigenvalue weighted by atomic mass is 9.70. The van der Waals surface area contributed by atoms with E-state index >= 15 is 0 Å². The number of benzene rings is 1. The van der Waals surface area contributed by atoms with Crippen LogP contribution in [0.3, 0.4) is 0 Å². The summed E-state index contributed by atoms with van der Waals surface area (Å²) in [6.07, 6.45) is 7.77. The molecule has 0 bridgehead atoms. The summed E-state index contributed by atoms with van der Waals surface area (Å²) in [6, 6.07) is 11.0. The van der Waals surface area contributed by atoms with Gasteiger partial charge >= 0.3 is 0 Å². The van der Waals surface area contributed by atoms with Gasteiger partial charge in [0.25, 0.3) is 0 Å². The van der Waals surface area contributed by atoms with Crippen LogP contribution in [0.5, 0.6) is 0 Å². The number of hydrogen-bond donors (Lipinski definition) is 1. The highest BCUT2D eigenvalue weighted by molar-refractivity contribution is 5.37. The molecule has 0 amide bonds. The summed E-state index contributed by atoms with van der Waals surface area (Å²) in [5.74, 6) is 0.751. The van der Waals surface area contributed by atoms with Crippen molar-refractivity contribution in [2.45, 2.75) is 56.4 Å². The molecular weight excluding hydrogens is 206 g/mol. The molecule has 2 fully saturated rings. The zero-order valence-electron chi connectivity index (χ0n) is 10.8. The molecule has 1 aromatic rings. The van der Waals surface area contributed by atoms with Crippen LogP contribution in [0.15, 0.2) is 30.3 Å². The SMILES string of the molecule is CCC1CC1(N)C1(c2ccccc2)CCCC1. The van der Waals surface area contributed by atoms with Crippen molar-refractivity contribution in [3.05, 3.63) is 35.9 Å². The zero-order valence-corrected chi connectivity index (χ0v) is 10.8. The first-order valence-electron chi connectivity index (χ1n) is 7.07. The minimum atomic E-state index is 0.0968. The average molecular weight is 229 g/mol. The lowest BCUT2D eigenvalue weighted by Gasteiger charge is -2.37. The molecule has 17 heavy (non-hydrogen) atoms. The lowest BCUT2D eigenvalue weighted by molar-refractivity contribution is 0.307. The summed E-state index contributed by atoms with van der Waals surface area (Å²) < 4.78 is 0. The highest BCUT2D eigenvalue weighted by atomic mass is 14.9. The molecule has 0 heterocycles. The molecule has 2 atom stereocenters. The van der Waals surface area contributed by atoms with Crippen molar-refractivity contribution in [3.63, 3.8) is 0 Å². The summed E-state index contributed by atoms with van der Waals surface area (Å²) in [7, 11) is 0. The summed E-state index contributed by atoms with van der Waals surface area (Å²) in [4.78, 5) is 0. The first-order valence-corrected chi connectivity index (χ1v) is 7.07. The maximum atomic E-state index is 6.77. The molecule has 1 nitrogen and oxygen atoms in total. The van der Waals surface area contributed by atoms with Crippen molar-refractivity contribution in [2.75, 3.05) is 0 Å². The molecule has 0 saturated heterocycles. The summed E-state index contributed by atoms with van der Waals surface area (Å²) in [5.41, 5.74) is 8.65. The third kappa shape index (κ3) is 1.48. The van der Waals surface area contributed by atoms with Gasteiger partial charge in [0.15, 0.2) is 0 Å². The molecule has 2 N–H and O–H groups in total. The van der Waals surface area contributed by atoms with E-state index in [1.807, 2.05) is 0 Å². The first-order chi connectivity index (χ1) is 8.23. The lowest BCUT2D eigenvalue weighted by Crippen LogP contribution is -2.47. The molecular formula is C16H23N. The van der Waals surface area contributed by atoms with Gasteiger partial charge in [-0.05, 0) is 30.7 Å². The van der Waals surface area contributed by atoms with Gasteiger partial charge < -0.3 is 5.73 Å². The van der Waals surface area contributed by atoms with E-state index in [1.54, 1.807) is 0 Å². The number of rotatable bonds is 3. The Kier molecular flexibility index (Phi) is 2.55. The van der Waals surface area contributed by atoms with Gasteiger partial charge in [-0.3, -0.25) is 0 Å². The van der Waals surface area contributed by atoms with Crippen LogP contribution in [-0.2, 0) is 5.41 Å². The van der Waals surface area contributed by atoms with E-state index < -0.39 is 0 Å². The second kappa shape index (κ2) is 3.84. The van der Waals surface area contributed by atoms with Gasteiger partial charge in [0.05, 0.1) is 0 Å². The first kappa shape index (κ1) is 11.3. The van der Waals surface area contributed by atoms with Crippen LogP contribution >= 0.6 is 0 Å². The van der Waals surface area contributed by atoms with E-state index in [9.17, 15) is 0 Å². The average Bonchev–Trinajstić information content (AvgIpc) is 2.84. The molecule has 2 saturated carbocycles. The summed E-state index contributed by atoms with van der Waals surface area (Å²) in [5, 5.41) is 0. The quantitative estimate of drug-likeness (QED) is 0.841. The van der Waals surface area contributed by atoms with Crippen LogP contribution in [-0.4, -0.2) is 5.54 Å². The van der Waals surface area contributed by atoms with Crippen LogP contribution in [0, 0.1) is 5.92 Å². The molecule has 1 aromatic carbocycles. The fraction of sp³-hybridized carbons (Fsp3) is 0.625. The van der Waals surface area contributed by atoms with Gasteiger partial charge in [0.2, 0.25) is 0 Å². The van der Waals surface area contributed by atoms with E-state index in [0.29, 0.717) is 0 Å². The van der Waals surface area contributed by atoms with E-state index in [4.69, 9.17) is 5.73 Å². The largest absolute Gasteiger partial charge is 0.324 e. The molecule has 2 unspecified atom stereocenters. The normalized spacial score (nSPS) is 34.8. The van der Waals surface area contributed by atoms with Crippen molar-refractivity contribution in [3.8, 4) is 0 Å². The van der Waals surface area contributed by atoms with E-state index in [0.717, 1.165) is 5.92 Å². The van der Waals surface area contributed by atoms with Gasteiger partial charge in [0, 0.05) is 11.0 Å². The molecule has 2 aliphatic rings. The van der Waals surface area contributed by atoms with Crippen molar-refractivity contribution >= 4 is 0 Å². The molecule has 0 radical (unpaired) electrons. The minimum Gasteiger partial charge on any atom is -0.324 e. The van der Waals surface area contributed by atoms with Crippen molar-refractivity contribution in [1.82, 2.24) is 0 Å². The van der Waals surface area contributed by atoms with Gasteiger partial charge in [-0.1, -0.05) is 56.5 Å². The Hall–Kier alpha value is -0.820. The number of nitrogens with two attached hydrogens (primary N) is 1.